The molecule has 4 aromatic rings. The van der Waals surface area contributed by atoms with Crippen molar-refractivity contribution >= 4 is 39.2 Å². The van der Waals surface area contributed by atoms with Crippen molar-refractivity contribution < 1.29 is 14.7 Å². The van der Waals surface area contributed by atoms with Gasteiger partial charge >= 0.3 is 5.97 Å². The molecule has 0 aliphatic rings. The summed E-state index contributed by atoms with van der Waals surface area (Å²) in [5.74, 6) is -1.32. The van der Waals surface area contributed by atoms with Gasteiger partial charge in [0.15, 0.2) is 5.13 Å². The lowest BCUT2D eigenvalue weighted by atomic mass is 9.99. The molecule has 0 fully saturated rings. The van der Waals surface area contributed by atoms with Crippen LogP contribution in [0.15, 0.2) is 65.6 Å². The third-order valence-corrected chi connectivity index (χ3v) is 5.49. The number of anilines is 1. The van der Waals surface area contributed by atoms with E-state index in [1.165, 1.54) is 6.20 Å². The summed E-state index contributed by atoms with van der Waals surface area (Å²) >= 11 is 1.12. The van der Waals surface area contributed by atoms with E-state index >= 15 is 0 Å². The highest BCUT2D eigenvalue weighted by Gasteiger charge is 2.19. The molecular formula is C21H15N3O4S. The molecule has 1 amide bonds. The fourth-order valence-corrected chi connectivity index (χ4v) is 4.07. The van der Waals surface area contributed by atoms with E-state index in [0.29, 0.717) is 17.8 Å². The van der Waals surface area contributed by atoms with E-state index in [9.17, 15) is 19.5 Å². The number of pyridine rings is 1. The lowest BCUT2D eigenvalue weighted by Gasteiger charge is -2.13. The maximum absolute atomic E-state index is 12.5. The lowest BCUT2D eigenvalue weighted by Crippen LogP contribution is -2.19. The maximum atomic E-state index is 12.5. The summed E-state index contributed by atoms with van der Waals surface area (Å²) in [4.78, 5) is 39.5. The van der Waals surface area contributed by atoms with Crippen molar-refractivity contribution in [2.24, 2.45) is 0 Å². The van der Waals surface area contributed by atoms with Crippen molar-refractivity contribution in [1.29, 1.82) is 0 Å². The number of amides is 1. The summed E-state index contributed by atoms with van der Waals surface area (Å²) in [7, 11) is 0. The number of carbonyl (C=O) groups is 2. The molecule has 0 saturated carbocycles. The quantitative estimate of drug-likeness (QED) is 0.479. The van der Waals surface area contributed by atoms with Crippen LogP contribution in [0.5, 0.6) is 0 Å². The van der Waals surface area contributed by atoms with Gasteiger partial charge in [0.1, 0.15) is 15.9 Å². The molecule has 29 heavy (non-hydrogen) atoms. The topological polar surface area (TPSA) is 101 Å². The molecule has 0 aliphatic carbocycles. The van der Waals surface area contributed by atoms with E-state index in [0.717, 1.165) is 28.0 Å². The SMILES string of the molecule is O=CNc1nc2c(=O)c(C(=O)O)cn(Cc3ccccc3-c3ccccc3)c2s1. The summed E-state index contributed by atoms with van der Waals surface area (Å²) in [6.07, 6.45) is 1.80. The number of hydrogen-bond donors (Lipinski definition) is 2. The minimum atomic E-state index is -1.32. The fraction of sp³-hybridized carbons (Fsp3) is 0.0476. The Bertz CT molecular complexity index is 1280. The first-order valence-corrected chi connectivity index (χ1v) is 9.51. The molecule has 2 aromatic heterocycles. The number of fused-ring (bicyclic) bond motifs is 1. The van der Waals surface area contributed by atoms with Crippen LogP contribution in [0.1, 0.15) is 15.9 Å². The number of nitrogens with one attached hydrogen (secondary N) is 1. The van der Waals surface area contributed by atoms with Gasteiger partial charge in [-0.15, -0.1) is 0 Å². The van der Waals surface area contributed by atoms with Crippen LogP contribution >= 0.6 is 11.3 Å². The van der Waals surface area contributed by atoms with Gasteiger partial charge in [-0.1, -0.05) is 65.9 Å². The van der Waals surface area contributed by atoms with Gasteiger partial charge in [-0.3, -0.25) is 9.59 Å². The van der Waals surface area contributed by atoms with E-state index in [4.69, 9.17) is 0 Å². The van der Waals surface area contributed by atoms with Crippen LogP contribution in [0.2, 0.25) is 0 Å². The number of aromatic nitrogens is 2. The van der Waals surface area contributed by atoms with E-state index in [-0.39, 0.29) is 16.2 Å². The molecule has 144 valence electrons. The van der Waals surface area contributed by atoms with Crippen LogP contribution in [-0.2, 0) is 11.3 Å². The Kier molecular flexibility index (Phi) is 4.92. The van der Waals surface area contributed by atoms with Crippen molar-refractivity contribution in [3.05, 3.63) is 82.1 Å². The molecule has 8 heteroatoms. The molecule has 0 radical (unpaired) electrons. The van der Waals surface area contributed by atoms with Gasteiger partial charge in [0.2, 0.25) is 11.8 Å². The predicted octanol–water partition coefficient (Wildman–Crippen LogP) is 3.44. The minimum Gasteiger partial charge on any atom is -0.477 e. The Labute approximate surface area is 168 Å². The summed E-state index contributed by atoms with van der Waals surface area (Å²) < 4.78 is 1.69. The predicted molar refractivity (Wildman–Crippen MR) is 112 cm³/mol. The zero-order valence-corrected chi connectivity index (χ0v) is 15.8. The number of carboxylic acid groups (broad SMARTS) is 1. The Balaban J connectivity index is 1.89. The number of hydrogen-bond acceptors (Lipinski definition) is 5. The van der Waals surface area contributed by atoms with Crippen molar-refractivity contribution in [1.82, 2.24) is 9.55 Å². The van der Waals surface area contributed by atoms with Crippen LogP contribution in [-0.4, -0.2) is 27.0 Å². The van der Waals surface area contributed by atoms with E-state index < -0.39 is 11.4 Å². The number of nitrogens with zero attached hydrogens (tertiary/aromatic N) is 2. The normalized spacial score (nSPS) is 10.8. The number of carbonyl (C=O) groups excluding carboxylic acids is 1. The lowest BCUT2D eigenvalue weighted by molar-refractivity contribution is -0.105. The summed E-state index contributed by atoms with van der Waals surface area (Å²) in [6.45, 7) is 0.338. The third kappa shape index (κ3) is 3.53. The third-order valence-electron chi connectivity index (χ3n) is 4.47. The second kappa shape index (κ2) is 7.69. The second-order valence-electron chi connectivity index (χ2n) is 6.26. The van der Waals surface area contributed by atoms with E-state index in [1.807, 2.05) is 54.6 Å². The van der Waals surface area contributed by atoms with Crippen LogP contribution < -0.4 is 10.7 Å². The minimum absolute atomic E-state index is 0.0245. The van der Waals surface area contributed by atoms with Gasteiger partial charge in [0.25, 0.3) is 0 Å². The zero-order chi connectivity index (χ0) is 20.4. The second-order valence-corrected chi connectivity index (χ2v) is 7.24. The first kappa shape index (κ1) is 18.6. The Hall–Kier alpha value is -3.78. The molecule has 2 heterocycles. The van der Waals surface area contributed by atoms with Gasteiger partial charge < -0.3 is 15.0 Å². The first-order chi connectivity index (χ1) is 14.1. The largest absolute Gasteiger partial charge is 0.477 e. The Morgan fingerprint density at radius 1 is 1.14 bits per heavy atom. The van der Waals surface area contributed by atoms with Gasteiger partial charge in [-0.25, -0.2) is 9.78 Å². The molecule has 0 unspecified atom stereocenters. The van der Waals surface area contributed by atoms with Crippen molar-refractivity contribution in [2.45, 2.75) is 6.54 Å². The van der Waals surface area contributed by atoms with Gasteiger partial charge in [-0.05, 0) is 16.7 Å². The van der Waals surface area contributed by atoms with Crippen LogP contribution in [0.3, 0.4) is 0 Å². The average Bonchev–Trinajstić information content (AvgIpc) is 3.16. The Morgan fingerprint density at radius 3 is 2.59 bits per heavy atom. The number of rotatable bonds is 6. The molecule has 4 rings (SSSR count). The highest BCUT2D eigenvalue weighted by atomic mass is 32.1. The van der Waals surface area contributed by atoms with Gasteiger partial charge in [0.05, 0.1) is 0 Å². The average molecular weight is 405 g/mol. The molecule has 0 atom stereocenters. The molecule has 7 nitrogen and oxygen atoms in total. The zero-order valence-electron chi connectivity index (χ0n) is 15.0. The summed E-state index contributed by atoms with van der Waals surface area (Å²) in [5.41, 5.74) is 1.99. The molecule has 2 aromatic carbocycles. The van der Waals surface area contributed by atoms with Crippen LogP contribution in [0.25, 0.3) is 21.5 Å². The smallest absolute Gasteiger partial charge is 0.341 e. The first-order valence-electron chi connectivity index (χ1n) is 8.69. The van der Waals surface area contributed by atoms with Crippen LogP contribution in [0, 0.1) is 0 Å². The number of benzene rings is 2. The molecule has 2 N–H and O–H groups in total. The maximum Gasteiger partial charge on any atom is 0.341 e. The number of carboxylic acids is 1. The molecule has 0 bridgehead atoms. The number of aromatic carboxylic acids is 1. The van der Waals surface area contributed by atoms with Crippen LogP contribution in [0.4, 0.5) is 5.13 Å². The molecule has 0 aliphatic heterocycles. The summed E-state index contributed by atoms with van der Waals surface area (Å²) in [5, 5.41) is 12.1. The van der Waals surface area contributed by atoms with Crippen molar-refractivity contribution in [2.75, 3.05) is 5.32 Å². The highest BCUT2D eigenvalue weighted by Crippen LogP contribution is 2.28. The molecule has 0 spiro atoms. The van der Waals surface area contributed by atoms with E-state index in [1.54, 1.807) is 4.57 Å². The summed E-state index contributed by atoms with van der Waals surface area (Å²) in [6, 6.07) is 17.6. The van der Waals surface area contributed by atoms with E-state index in [2.05, 4.69) is 10.3 Å². The van der Waals surface area contributed by atoms with Gasteiger partial charge in [-0.2, -0.15) is 0 Å². The standard InChI is InChI=1S/C21H15N3O4S/c25-12-22-21-23-17-18(26)16(20(27)28)11-24(19(17)29-21)10-14-8-4-5-9-15(14)13-6-2-1-3-7-13/h1-9,11-12H,10H2,(H,27,28)(H,22,23,25). The van der Waals surface area contributed by atoms with Crippen molar-refractivity contribution in [3.63, 3.8) is 0 Å². The van der Waals surface area contributed by atoms with Crippen molar-refractivity contribution in [3.8, 4) is 11.1 Å². The molecular weight excluding hydrogens is 390 g/mol. The molecule has 0 saturated heterocycles. The Morgan fingerprint density at radius 2 is 1.86 bits per heavy atom. The number of thiazole rings is 1. The fourth-order valence-electron chi connectivity index (χ4n) is 3.18. The monoisotopic (exact) mass is 405 g/mol. The highest BCUT2D eigenvalue weighted by molar-refractivity contribution is 7.22. The van der Waals surface area contributed by atoms with Gasteiger partial charge in [0, 0.05) is 12.7 Å².